The van der Waals surface area contributed by atoms with E-state index in [-0.39, 0.29) is 18.8 Å². The van der Waals surface area contributed by atoms with Gasteiger partial charge in [0.1, 0.15) is 11.6 Å². The maximum absolute atomic E-state index is 13.0. The fourth-order valence-corrected chi connectivity index (χ4v) is 4.46. The van der Waals surface area contributed by atoms with Crippen molar-refractivity contribution < 1.29 is 27.4 Å². The lowest BCUT2D eigenvalue weighted by Gasteiger charge is -2.18. The van der Waals surface area contributed by atoms with Gasteiger partial charge in [0.15, 0.2) is 6.10 Å². The number of aryl methyl sites for hydroxylation is 2. The molecule has 216 valence electrons. The first kappa shape index (κ1) is 29.6. The molecular weight excluding hydrogens is 535 g/mol. The van der Waals surface area contributed by atoms with Crippen LogP contribution in [0.5, 0.6) is 5.75 Å². The summed E-state index contributed by atoms with van der Waals surface area (Å²) in [6, 6.07) is 22.0. The highest BCUT2D eigenvalue weighted by molar-refractivity contribution is 5.75. The highest BCUT2D eigenvalue weighted by Gasteiger charge is 2.30. The zero-order valence-corrected chi connectivity index (χ0v) is 22.9. The van der Waals surface area contributed by atoms with E-state index in [1.165, 1.54) is 15.3 Å². The van der Waals surface area contributed by atoms with E-state index >= 15 is 0 Å². The first-order chi connectivity index (χ1) is 19.6. The largest absolute Gasteiger partial charge is 0.478 e. The molecule has 0 bridgehead atoms. The molecule has 1 aromatic heterocycles. The third kappa shape index (κ3) is 8.09. The summed E-state index contributed by atoms with van der Waals surface area (Å²) in [7, 11) is 1.61. The van der Waals surface area contributed by atoms with Crippen LogP contribution in [0.4, 0.5) is 13.2 Å². The van der Waals surface area contributed by atoms with Crippen molar-refractivity contribution in [2.45, 2.75) is 51.4 Å². The maximum Gasteiger partial charge on any atom is 0.416 e. The highest BCUT2D eigenvalue weighted by Crippen LogP contribution is 2.29. The summed E-state index contributed by atoms with van der Waals surface area (Å²) < 4.78 is 52.9. The van der Waals surface area contributed by atoms with Gasteiger partial charge in [-0.2, -0.15) is 18.3 Å². The molecule has 0 aliphatic heterocycles. The second-order valence-corrected chi connectivity index (χ2v) is 9.66. The van der Waals surface area contributed by atoms with Gasteiger partial charge in [0.2, 0.25) is 0 Å². The number of nitrogens with zero attached hydrogens (tertiary/aromatic N) is 3. The predicted molar refractivity (Wildman–Crippen MR) is 148 cm³/mol. The van der Waals surface area contributed by atoms with Gasteiger partial charge in [-0.15, -0.1) is 0 Å². The van der Waals surface area contributed by atoms with E-state index in [2.05, 4.69) is 5.10 Å². The van der Waals surface area contributed by atoms with E-state index in [0.717, 1.165) is 23.3 Å². The van der Waals surface area contributed by atoms with Crippen molar-refractivity contribution in [2.75, 3.05) is 6.61 Å². The Kier molecular flexibility index (Phi) is 9.65. The SMILES string of the molecule is CCOC(=O)C(Cc1ccccc1)Oc1ccc(CCCc2nn(Cc3cccc(C(F)(F)F)c3)c(=O)n2C)cc1. The maximum atomic E-state index is 13.0. The number of halogens is 3. The fraction of sp³-hybridized carbons (Fsp3) is 0.323. The molecule has 1 heterocycles. The minimum absolute atomic E-state index is 0.0465. The lowest BCUT2D eigenvalue weighted by atomic mass is 10.1. The number of aromatic nitrogens is 3. The molecule has 10 heteroatoms. The van der Waals surface area contributed by atoms with Gasteiger partial charge >= 0.3 is 17.8 Å². The number of carbonyl (C=O) groups excluding carboxylic acids is 1. The van der Waals surface area contributed by atoms with E-state index in [4.69, 9.17) is 9.47 Å². The molecule has 0 aliphatic carbocycles. The Hall–Kier alpha value is -4.34. The van der Waals surface area contributed by atoms with Gasteiger partial charge in [-0.25, -0.2) is 14.3 Å². The van der Waals surface area contributed by atoms with Crippen molar-refractivity contribution in [3.05, 3.63) is 117 Å². The van der Waals surface area contributed by atoms with Crippen LogP contribution < -0.4 is 10.4 Å². The molecule has 0 saturated heterocycles. The van der Waals surface area contributed by atoms with E-state index in [0.29, 0.717) is 42.8 Å². The standard InChI is InChI=1S/C31H32F3N3O4/c1-3-40-29(38)27(20-23-9-5-4-6-10-23)41-26-17-15-22(16-18-26)11-8-14-28-35-37(30(39)36(28)2)21-24-12-7-13-25(19-24)31(32,33)34/h4-7,9-10,12-13,15-19,27H,3,8,11,14,20-21H2,1-2H3. The summed E-state index contributed by atoms with van der Waals surface area (Å²) in [6.45, 7) is 1.97. The van der Waals surface area contributed by atoms with Crippen molar-refractivity contribution in [1.82, 2.24) is 14.3 Å². The van der Waals surface area contributed by atoms with Crippen LogP contribution >= 0.6 is 0 Å². The minimum Gasteiger partial charge on any atom is -0.478 e. The van der Waals surface area contributed by atoms with Crippen molar-refractivity contribution in [3.8, 4) is 5.75 Å². The highest BCUT2D eigenvalue weighted by atomic mass is 19.4. The van der Waals surface area contributed by atoms with Crippen molar-refractivity contribution >= 4 is 5.97 Å². The zero-order chi connectivity index (χ0) is 29.4. The van der Waals surface area contributed by atoms with Crippen LogP contribution in [0.3, 0.4) is 0 Å². The zero-order valence-electron chi connectivity index (χ0n) is 22.9. The Labute approximate surface area is 236 Å². The third-order valence-corrected chi connectivity index (χ3v) is 6.60. The lowest BCUT2D eigenvalue weighted by Crippen LogP contribution is -2.31. The lowest BCUT2D eigenvalue weighted by molar-refractivity contribution is -0.151. The molecule has 1 unspecified atom stereocenters. The van der Waals surface area contributed by atoms with E-state index in [1.807, 2.05) is 54.6 Å². The number of hydrogen-bond donors (Lipinski definition) is 0. The Morgan fingerprint density at radius 1 is 0.927 bits per heavy atom. The normalized spacial score (nSPS) is 12.2. The molecule has 0 N–H and O–H groups in total. The Morgan fingerprint density at radius 3 is 2.32 bits per heavy atom. The number of benzene rings is 3. The van der Waals surface area contributed by atoms with E-state index in [9.17, 15) is 22.8 Å². The van der Waals surface area contributed by atoms with Crippen molar-refractivity contribution in [2.24, 2.45) is 7.05 Å². The molecule has 7 nitrogen and oxygen atoms in total. The molecule has 0 spiro atoms. The number of carbonyl (C=O) groups is 1. The van der Waals surface area contributed by atoms with Crippen LogP contribution in [-0.2, 0) is 48.6 Å². The molecule has 0 aliphatic rings. The van der Waals surface area contributed by atoms with Crippen LogP contribution in [0.1, 0.15) is 41.4 Å². The van der Waals surface area contributed by atoms with Crippen molar-refractivity contribution in [1.29, 1.82) is 0 Å². The van der Waals surface area contributed by atoms with Gasteiger partial charge in [0, 0.05) is 19.9 Å². The smallest absolute Gasteiger partial charge is 0.416 e. The number of esters is 1. The third-order valence-electron chi connectivity index (χ3n) is 6.60. The van der Waals surface area contributed by atoms with Crippen LogP contribution in [0.15, 0.2) is 83.7 Å². The van der Waals surface area contributed by atoms with Crippen LogP contribution in [0.2, 0.25) is 0 Å². The second kappa shape index (κ2) is 13.3. The average molecular weight is 568 g/mol. The molecular formula is C31H32F3N3O4. The van der Waals surface area contributed by atoms with Gasteiger partial charge in [-0.1, -0.05) is 54.6 Å². The summed E-state index contributed by atoms with van der Waals surface area (Å²) in [5.41, 5.74) is 1.21. The number of alkyl halides is 3. The van der Waals surface area contributed by atoms with Gasteiger partial charge in [0.25, 0.3) is 0 Å². The summed E-state index contributed by atoms with van der Waals surface area (Å²) in [6.07, 6.45) is -2.91. The van der Waals surface area contributed by atoms with Crippen LogP contribution in [0, 0.1) is 0 Å². The van der Waals surface area contributed by atoms with Gasteiger partial charge in [-0.3, -0.25) is 4.57 Å². The van der Waals surface area contributed by atoms with Crippen LogP contribution in [-0.4, -0.2) is 33.0 Å². The monoisotopic (exact) mass is 567 g/mol. The Morgan fingerprint density at radius 2 is 1.63 bits per heavy atom. The predicted octanol–water partition coefficient (Wildman–Crippen LogP) is 5.38. The topological polar surface area (TPSA) is 75.3 Å². The van der Waals surface area contributed by atoms with E-state index in [1.54, 1.807) is 20.0 Å². The number of rotatable bonds is 12. The van der Waals surface area contributed by atoms with E-state index < -0.39 is 23.8 Å². The van der Waals surface area contributed by atoms with Gasteiger partial charge < -0.3 is 9.47 Å². The molecule has 3 aromatic carbocycles. The second-order valence-electron chi connectivity index (χ2n) is 9.66. The van der Waals surface area contributed by atoms with Gasteiger partial charge in [-0.05, 0) is 60.7 Å². The number of ether oxygens (including phenoxy) is 2. The minimum atomic E-state index is -4.45. The Balaban J connectivity index is 1.34. The molecule has 0 radical (unpaired) electrons. The molecule has 4 rings (SSSR count). The number of hydrogen-bond acceptors (Lipinski definition) is 5. The fourth-order valence-electron chi connectivity index (χ4n) is 4.46. The first-order valence-electron chi connectivity index (χ1n) is 13.4. The molecule has 4 aromatic rings. The first-order valence-corrected chi connectivity index (χ1v) is 13.4. The molecule has 0 fully saturated rings. The summed E-state index contributed by atoms with van der Waals surface area (Å²) >= 11 is 0. The molecule has 0 amide bonds. The summed E-state index contributed by atoms with van der Waals surface area (Å²) in [5, 5.41) is 4.36. The van der Waals surface area contributed by atoms with Gasteiger partial charge in [0.05, 0.1) is 18.7 Å². The average Bonchev–Trinajstić information content (AvgIpc) is 3.21. The summed E-state index contributed by atoms with van der Waals surface area (Å²) in [4.78, 5) is 25.1. The van der Waals surface area contributed by atoms with Crippen molar-refractivity contribution in [3.63, 3.8) is 0 Å². The van der Waals surface area contributed by atoms with Crippen LogP contribution in [0.25, 0.3) is 0 Å². The quantitative estimate of drug-likeness (QED) is 0.215. The molecule has 1 atom stereocenters. The molecule has 0 saturated carbocycles. The summed E-state index contributed by atoms with van der Waals surface area (Å²) in [5.74, 6) is 0.692. The molecule has 41 heavy (non-hydrogen) atoms. The Bertz CT molecular complexity index is 1500.